The molecule has 12 heteroatoms. The molecule has 0 bridgehead atoms. The Kier molecular flexibility index (Phi) is 8.47. The van der Waals surface area contributed by atoms with Crippen LogP contribution in [-0.4, -0.2) is 54.4 Å². The summed E-state index contributed by atoms with van der Waals surface area (Å²) < 4.78 is 57.0. The lowest BCUT2D eigenvalue weighted by molar-refractivity contribution is 0.102. The molecule has 0 radical (unpaired) electrons. The average Bonchev–Trinajstić information content (AvgIpc) is 2.64. The minimum absolute atomic E-state index is 0.107. The van der Waals surface area contributed by atoms with Crippen molar-refractivity contribution in [2.75, 3.05) is 40.4 Å². The Bertz CT molecular complexity index is 1160. The third-order valence-corrected chi connectivity index (χ3v) is 5.09. The fourth-order valence-corrected chi connectivity index (χ4v) is 3.83. The maximum absolute atomic E-state index is 12.8. The van der Waals surface area contributed by atoms with E-state index in [-0.39, 0.29) is 23.0 Å². The number of rotatable bonds is 11. The predicted molar refractivity (Wildman–Crippen MR) is 126 cm³/mol. The van der Waals surface area contributed by atoms with E-state index >= 15 is 0 Å². The molecule has 1 amide bonds. The first kappa shape index (κ1) is 25.4. The van der Waals surface area contributed by atoms with Gasteiger partial charge in [-0.05, 0) is 30.3 Å². The van der Waals surface area contributed by atoms with Crippen LogP contribution in [0.15, 0.2) is 42.5 Å². The van der Waals surface area contributed by atoms with Gasteiger partial charge in [0.05, 0.1) is 29.4 Å². The zero-order valence-electron chi connectivity index (χ0n) is 18.3. The Morgan fingerprint density at radius 1 is 0.938 bits per heavy atom. The highest BCUT2D eigenvalue weighted by Gasteiger charge is 2.16. The van der Waals surface area contributed by atoms with Crippen molar-refractivity contribution in [3.05, 3.63) is 48.0 Å². The van der Waals surface area contributed by atoms with Crippen LogP contribution in [0.4, 0.5) is 17.1 Å². The van der Waals surface area contributed by atoms with Crippen molar-refractivity contribution in [3.8, 4) is 5.75 Å². The molecule has 2 aromatic carbocycles. The third-order valence-electron chi connectivity index (χ3n) is 3.91. The van der Waals surface area contributed by atoms with Crippen molar-refractivity contribution in [2.45, 2.75) is 19.9 Å². The van der Waals surface area contributed by atoms with Gasteiger partial charge < -0.3 is 15.4 Å². The lowest BCUT2D eigenvalue weighted by Crippen LogP contribution is -2.27. The molecule has 176 valence electrons. The number of nitrogens with one attached hydrogen (secondary N) is 4. The van der Waals surface area contributed by atoms with E-state index in [2.05, 4.69) is 20.1 Å². The Labute approximate surface area is 188 Å². The van der Waals surface area contributed by atoms with E-state index in [1.165, 1.54) is 18.2 Å². The van der Waals surface area contributed by atoms with Gasteiger partial charge >= 0.3 is 0 Å². The van der Waals surface area contributed by atoms with Crippen LogP contribution in [0.3, 0.4) is 0 Å². The van der Waals surface area contributed by atoms with Crippen LogP contribution >= 0.6 is 0 Å². The van der Waals surface area contributed by atoms with Gasteiger partial charge in [-0.3, -0.25) is 14.2 Å². The minimum Gasteiger partial charge on any atom is -0.490 e. The molecule has 2 aromatic rings. The van der Waals surface area contributed by atoms with Crippen LogP contribution < -0.4 is 24.8 Å². The number of carbonyl (C=O) groups excluding carboxylic acids is 1. The summed E-state index contributed by atoms with van der Waals surface area (Å²) in [7, 11) is -7.19. The Balaban J connectivity index is 2.25. The average molecular weight is 485 g/mol. The van der Waals surface area contributed by atoms with Gasteiger partial charge in [0.2, 0.25) is 20.0 Å². The molecule has 10 nitrogen and oxygen atoms in total. The van der Waals surface area contributed by atoms with Crippen LogP contribution in [0.25, 0.3) is 0 Å². The van der Waals surface area contributed by atoms with Gasteiger partial charge in [-0.15, -0.1) is 0 Å². The molecule has 2 rings (SSSR count). The molecule has 0 fully saturated rings. The number of hydrogen-bond acceptors (Lipinski definition) is 7. The molecule has 0 spiro atoms. The second-order valence-electron chi connectivity index (χ2n) is 7.42. The van der Waals surface area contributed by atoms with E-state index < -0.39 is 26.0 Å². The maximum Gasteiger partial charge on any atom is 0.257 e. The van der Waals surface area contributed by atoms with Crippen LogP contribution in [0.1, 0.15) is 24.2 Å². The normalized spacial score (nSPS) is 11.8. The Hall–Kier alpha value is -2.83. The van der Waals surface area contributed by atoms with E-state index in [4.69, 9.17) is 4.74 Å². The topological polar surface area (TPSA) is 143 Å². The zero-order valence-corrected chi connectivity index (χ0v) is 19.9. The zero-order chi connectivity index (χ0) is 23.9. The highest BCUT2D eigenvalue weighted by molar-refractivity contribution is 7.92. The molecule has 0 aliphatic heterocycles. The second kappa shape index (κ2) is 10.7. The van der Waals surface area contributed by atoms with Gasteiger partial charge in [-0.2, -0.15) is 0 Å². The number of carbonyl (C=O) groups is 1. The fraction of sp³-hybridized carbons (Fsp3) is 0.350. The number of hydrogen-bond donors (Lipinski definition) is 4. The minimum atomic E-state index is -3.60. The summed E-state index contributed by atoms with van der Waals surface area (Å²) in [6.07, 6.45) is 2.00. The summed E-state index contributed by atoms with van der Waals surface area (Å²) in [5.41, 5.74) is 0.690. The van der Waals surface area contributed by atoms with Crippen molar-refractivity contribution in [1.29, 1.82) is 0 Å². The molecule has 0 saturated heterocycles. The lowest BCUT2D eigenvalue weighted by atomic mass is 10.1. The fourth-order valence-electron chi connectivity index (χ4n) is 2.69. The third kappa shape index (κ3) is 8.73. The summed E-state index contributed by atoms with van der Waals surface area (Å²) in [5, 5.41) is 5.83. The van der Waals surface area contributed by atoms with E-state index in [1.54, 1.807) is 24.3 Å². The van der Waals surface area contributed by atoms with Gasteiger partial charge in [-0.25, -0.2) is 16.8 Å². The van der Waals surface area contributed by atoms with Crippen LogP contribution in [-0.2, 0) is 20.0 Å². The van der Waals surface area contributed by atoms with Crippen molar-refractivity contribution in [1.82, 2.24) is 5.32 Å². The number of amides is 1. The molecule has 32 heavy (non-hydrogen) atoms. The lowest BCUT2D eigenvalue weighted by Gasteiger charge is -2.16. The summed E-state index contributed by atoms with van der Waals surface area (Å²) in [5.74, 6) is -0.269. The predicted octanol–water partition coefficient (Wildman–Crippen LogP) is 2.06. The molecule has 0 saturated carbocycles. The van der Waals surface area contributed by atoms with Crippen LogP contribution in [0.2, 0.25) is 0 Å². The van der Waals surface area contributed by atoms with Crippen molar-refractivity contribution < 1.29 is 26.4 Å². The number of anilines is 3. The van der Waals surface area contributed by atoms with Gasteiger partial charge in [-0.1, -0.05) is 26.0 Å². The van der Waals surface area contributed by atoms with Gasteiger partial charge in [0, 0.05) is 18.3 Å². The molecule has 0 aromatic heterocycles. The molecule has 0 heterocycles. The standard InChI is InChI=1S/C20H28N4O6S2/c1-14(2)21-11-12-30-19-10-9-15(13-18(19)24-32(4,28)29)22-20(25)16-7-5-6-8-17(16)23-31(3,26)27/h5-10,13-14,21,23-24H,11-12H2,1-4H3,(H,22,25). The van der Waals surface area contributed by atoms with E-state index in [0.29, 0.717) is 24.6 Å². The van der Waals surface area contributed by atoms with Gasteiger partial charge in [0.1, 0.15) is 12.4 Å². The monoisotopic (exact) mass is 484 g/mol. The highest BCUT2D eigenvalue weighted by atomic mass is 32.2. The number of para-hydroxylation sites is 1. The molecule has 0 unspecified atom stereocenters. The van der Waals surface area contributed by atoms with Crippen molar-refractivity contribution >= 4 is 43.0 Å². The molecule has 0 aliphatic rings. The first-order valence-corrected chi connectivity index (χ1v) is 13.5. The Morgan fingerprint density at radius 2 is 1.56 bits per heavy atom. The quantitative estimate of drug-likeness (QED) is 0.358. The Morgan fingerprint density at radius 3 is 2.19 bits per heavy atom. The SMILES string of the molecule is CC(C)NCCOc1ccc(NC(=O)c2ccccc2NS(C)(=O)=O)cc1NS(C)(=O)=O. The van der Waals surface area contributed by atoms with Crippen LogP contribution in [0, 0.1) is 0 Å². The first-order valence-electron chi connectivity index (χ1n) is 9.70. The largest absolute Gasteiger partial charge is 0.490 e. The van der Waals surface area contributed by atoms with Gasteiger partial charge in [0.15, 0.2) is 0 Å². The first-order chi connectivity index (χ1) is 14.8. The van der Waals surface area contributed by atoms with Crippen molar-refractivity contribution in [2.24, 2.45) is 0 Å². The number of sulfonamides is 2. The number of ether oxygens (including phenoxy) is 1. The van der Waals surface area contributed by atoms with Crippen LogP contribution in [0.5, 0.6) is 5.75 Å². The summed E-state index contributed by atoms with van der Waals surface area (Å²) in [4.78, 5) is 12.8. The smallest absolute Gasteiger partial charge is 0.257 e. The molecule has 0 atom stereocenters. The summed E-state index contributed by atoms with van der Waals surface area (Å²) in [6, 6.07) is 10.9. The summed E-state index contributed by atoms with van der Waals surface area (Å²) in [6.45, 7) is 4.88. The highest BCUT2D eigenvalue weighted by Crippen LogP contribution is 2.29. The molecule has 4 N–H and O–H groups in total. The van der Waals surface area contributed by atoms with Crippen molar-refractivity contribution in [3.63, 3.8) is 0 Å². The summed E-state index contributed by atoms with van der Waals surface area (Å²) >= 11 is 0. The molecule has 0 aliphatic carbocycles. The maximum atomic E-state index is 12.8. The molecular formula is C20H28N4O6S2. The van der Waals surface area contributed by atoms with E-state index in [0.717, 1.165) is 12.5 Å². The molecular weight excluding hydrogens is 456 g/mol. The van der Waals surface area contributed by atoms with Gasteiger partial charge in [0.25, 0.3) is 5.91 Å². The number of benzene rings is 2. The van der Waals surface area contributed by atoms with E-state index in [1.807, 2.05) is 13.8 Å². The second-order valence-corrected chi connectivity index (χ2v) is 10.9. The van der Waals surface area contributed by atoms with E-state index in [9.17, 15) is 21.6 Å².